The number of hydrogen-bond donors (Lipinski definition) is 5. The summed E-state index contributed by atoms with van der Waals surface area (Å²) in [5, 5.41) is 30.9. The summed E-state index contributed by atoms with van der Waals surface area (Å²) in [7, 11) is 0. The summed E-state index contributed by atoms with van der Waals surface area (Å²) in [4.78, 5) is 10.9. The topological polar surface area (TPSA) is 134 Å². The number of nitrogens with one attached hydrogen (secondary N) is 1. The Bertz CT molecular complexity index is 288. The average Bonchev–Trinajstić information content (AvgIpc) is 2.27. The molecule has 1 aliphatic rings. The van der Waals surface area contributed by atoms with Crippen LogP contribution in [0.3, 0.4) is 0 Å². The SMILES string of the molecule is CC(C)OC1O[C@H](CO)[C@H](O)[C@H](O)[C@H]1NC(N)=O. The van der Waals surface area contributed by atoms with E-state index in [9.17, 15) is 15.0 Å². The van der Waals surface area contributed by atoms with Crippen LogP contribution in [0, 0.1) is 0 Å². The molecule has 5 atom stereocenters. The first-order valence-electron chi connectivity index (χ1n) is 5.70. The molecule has 1 unspecified atom stereocenters. The molecule has 0 aromatic carbocycles. The van der Waals surface area contributed by atoms with Gasteiger partial charge in [-0.25, -0.2) is 4.79 Å². The van der Waals surface area contributed by atoms with Gasteiger partial charge in [-0.3, -0.25) is 0 Å². The summed E-state index contributed by atoms with van der Waals surface area (Å²) in [6.45, 7) is 3.02. The Hall–Kier alpha value is -0.930. The monoisotopic (exact) mass is 264 g/mol. The summed E-state index contributed by atoms with van der Waals surface area (Å²) in [6.07, 6.45) is -4.87. The summed E-state index contributed by atoms with van der Waals surface area (Å²) in [5.41, 5.74) is 4.99. The van der Waals surface area contributed by atoms with E-state index in [-0.39, 0.29) is 6.10 Å². The van der Waals surface area contributed by atoms with Crippen molar-refractivity contribution in [3.05, 3.63) is 0 Å². The second-order valence-electron chi connectivity index (χ2n) is 4.43. The van der Waals surface area contributed by atoms with E-state index in [1.54, 1.807) is 13.8 Å². The van der Waals surface area contributed by atoms with E-state index in [0.717, 1.165) is 0 Å². The van der Waals surface area contributed by atoms with Gasteiger partial charge in [-0.05, 0) is 13.8 Å². The highest BCUT2D eigenvalue weighted by Gasteiger charge is 2.45. The lowest BCUT2D eigenvalue weighted by molar-refractivity contribution is -0.277. The van der Waals surface area contributed by atoms with Gasteiger partial charge in [0.15, 0.2) is 6.29 Å². The van der Waals surface area contributed by atoms with Crippen LogP contribution >= 0.6 is 0 Å². The number of urea groups is 1. The minimum Gasteiger partial charge on any atom is -0.394 e. The van der Waals surface area contributed by atoms with Crippen LogP contribution in [-0.2, 0) is 9.47 Å². The normalized spacial score (nSPS) is 36.7. The van der Waals surface area contributed by atoms with Gasteiger partial charge in [0.05, 0.1) is 12.7 Å². The summed E-state index contributed by atoms with van der Waals surface area (Å²) in [6, 6.07) is -1.86. The van der Waals surface area contributed by atoms with Gasteiger partial charge in [-0.1, -0.05) is 0 Å². The zero-order chi connectivity index (χ0) is 13.9. The quantitative estimate of drug-likeness (QED) is 0.394. The number of ether oxygens (including phenoxy) is 2. The second-order valence-corrected chi connectivity index (χ2v) is 4.43. The van der Waals surface area contributed by atoms with Crippen molar-refractivity contribution in [2.24, 2.45) is 5.73 Å². The van der Waals surface area contributed by atoms with Gasteiger partial charge in [0.2, 0.25) is 0 Å². The standard InChI is InChI=1S/C10H20N2O6/c1-4(2)17-9-6(12-10(11)16)8(15)7(14)5(3-13)18-9/h4-9,13-15H,3H2,1-2H3,(H3,11,12,16)/t5-,6-,7+,8-,9?/m1/s1. The highest BCUT2D eigenvalue weighted by molar-refractivity contribution is 5.72. The maximum absolute atomic E-state index is 10.9. The zero-order valence-corrected chi connectivity index (χ0v) is 10.3. The lowest BCUT2D eigenvalue weighted by Crippen LogP contribution is -2.65. The summed E-state index contributed by atoms with van der Waals surface area (Å²) >= 11 is 0. The van der Waals surface area contributed by atoms with Crippen LogP contribution in [0.2, 0.25) is 0 Å². The van der Waals surface area contributed by atoms with Gasteiger partial charge < -0.3 is 35.8 Å². The third-order valence-corrected chi connectivity index (χ3v) is 2.60. The van der Waals surface area contributed by atoms with Crippen LogP contribution in [-0.4, -0.2) is 64.7 Å². The van der Waals surface area contributed by atoms with Gasteiger partial charge in [-0.2, -0.15) is 0 Å². The smallest absolute Gasteiger partial charge is 0.312 e. The molecular formula is C10H20N2O6. The van der Waals surface area contributed by atoms with Crippen LogP contribution < -0.4 is 11.1 Å². The number of hydrogen-bond acceptors (Lipinski definition) is 6. The van der Waals surface area contributed by atoms with Crippen LogP contribution in [0.15, 0.2) is 0 Å². The van der Waals surface area contributed by atoms with Crippen LogP contribution in [0.1, 0.15) is 13.8 Å². The molecule has 0 radical (unpaired) electrons. The molecular weight excluding hydrogens is 244 g/mol. The minimum absolute atomic E-state index is 0.228. The van der Waals surface area contributed by atoms with E-state index < -0.39 is 43.3 Å². The number of aliphatic hydroxyl groups excluding tert-OH is 3. The van der Waals surface area contributed by atoms with E-state index in [2.05, 4.69) is 5.32 Å². The first-order valence-corrected chi connectivity index (χ1v) is 5.70. The number of amides is 2. The molecule has 106 valence electrons. The Balaban J connectivity index is 2.83. The molecule has 2 amide bonds. The van der Waals surface area contributed by atoms with E-state index in [1.807, 2.05) is 0 Å². The Morgan fingerprint density at radius 1 is 1.44 bits per heavy atom. The fourth-order valence-corrected chi connectivity index (χ4v) is 1.78. The predicted octanol–water partition coefficient (Wildman–Crippen LogP) is -2.11. The number of carbonyl (C=O) groups is 1. The lowest BCUT2D eigenvalue weighted by atomic mass is 9.97. The molecule has 1 saturated heterocycles. The molecule has 0 spiro atoms. The zero-order valence-electron chi connectivity index (χ0n) is 10.3. The van der Waals surface area contributed by atoms with Crippen LogP contribution in [0.5, 0.6) is 0 Å². The third kappa shape index (κ3) is 3.53. The molecule has 1 fully saturated rings. The first-order chi connectivity index (χ1) is 8.36. The fourth-order valence-electron chi connectivity index (χ4n) is 1.78. The number of nitrogens with two attached hydrogens (primary N) is 1. The lowest BCUT2D eigenvalue weighted by Gasteiger charge is -2.42. The van der Waals surface area contributed by atoms with E-state index >= 15 is 0 Å². The molecule has 0 aromatic rings. The van der Waals surface area contributed by atoms with E-state index in [0.29, 0.717) is 0 Å². The molecule has 1 aliphatic heterocycles. The van der Waals surface area contributed by atoms with Crippen molar-refractivity contribution < 1.29 is 29.6 Å². The molecule has 18 heavy (non-hydrogen) atoms. The second kappa shape index (κ2) is 6.30. The Morgan fingerprint density at radius 3 is 2.50 bits per heavy atom. The molecule has 0 bridgehead atoms. The molecule has 0 saturated carbocycles. The molecule has 0 aromatic heterocycles. The van der Waals surface area contributed by atoms with Crippen LogP contribution in [0.25, 0.3) is 0 Å². The number of carbonyl (C=O) groups excluding carboxylic acids is 1. The van der Waals surface area contributed by atoms with Gasteiger partial charge >= 0.3 is 6.03 Å². The highest BCUT2D eigenvalue weighted by Crippen LogP contribution is 2.22. The molecule has 1 heterocycles. The largest absolute Gasteiger partial charge is 0.394 e. The Labute approximate surface area is 105 Å². The van der Waals surface area contributed by atoms with Gasteiger partial charge in [0.25, 0.3) is 0 Å². The van der Waals surface area contributed by atoms with Gasteiger partial charge in [0, 0.05) is 0 Å². The van der Waals surface area contributed by atoms with E-state index in [4.69, 9.17) is 20.3 Å². The summed E-state index contributed by atoms with van der Waals surface area (Å²) in [5.74, 6) is 0. The molecule has 1 rings (SSSR count). The van der Waals surface area contributed by atoms with Crippen molar-refractivity contribution in [3.8, 4) is 0 Å². The van der Waals surface area contributed by atoms with E-state index in [1.165, 1.54) is 0 Å². The van der Waals surface area contributed by atoms with Crippen molar-refractivity contribution in [3.63, 3.8) is 0 Å². The number of aliphatic hydroxyl groups is 3. The highest BCUT2D eigenvalue weighted by atomic mass is 16.7. The van der Waals surface area contributed by atoms with Crippen molar-refractivity contribution in [1.29, 1.82) is 0 Å². The van der Waals surface area contributed by atoms with Crippen molar-refractivity contribution in [2.45, 2.75) is 50.6 Å². The molecule has 6 N–H and O–H groups in total. The van der Waals surface area contributed by atoms with Gasteiger partial charge in [-0.15, -0.1) is 0 Å². The Kier molecular flexibility index (Phi) is 5.29. The number of primary amides is 1. The van der Waals surface area contributed by atoms with Crippen molar-refractivity contribution in [2.75, 3.05) is 6.61 Å². The first kappa shape index (κ1) is 15.1. The fraction of sp³-hybridized carbons (Fsp3) is 0.900. The maximum atomic E-state index is 10.9. The predicted molar refractivity (Wildman–Crippen MR) is 60.5 cm³/mol. The van der Waals surface area contributed by atoms with Crippen molar-refractivity contribution >= 4 is 6.03 Å². The number of rotatable bonds is 4. The van der Waals surface area contributed by atoms with Crippen LogP contribution in [0.4, 0.5) is 4.79 Å². The van der Waals surface area contributed by atoms with Gasteiger partial charge in [0.1, 0.15) is 24.4 Å². The third-order valence-electron chi connectivity index (χ3n) is 2.60. The minimum atomic E-state index is -1.34. The molecule has 8 nitrogen and oxygen atoms in total. The average molecular weight is 264 g/mol. The molecule has 8 heteroatoms. The Morgan fingerprint density at radius 2 is 2.06 bits per heavy atom. The van der Waals surface area contributed by atoms with Crippen molar-refractivity contribution in [1.82, 2.24) is 5.32 Å². The maximum Gasteiger partial charge on any atom is 0.312 e. The summed E-state index contributed by atoms with van der Waals surface area (Å²) < 4.78 is 10.7. The molecule has 0 aliphatic carbocycles.